The molecule has 120 valence electrons. The van der Waals surface area contributed by atoms with Crippen molar-refractivity contribution >= 4 is 0 Å². The summed E-state index contributed by atoms with van der Waals surface area (Å²) in [6.07, 6.45) is 6.77. The molecule has 0 radical (unpaired) electrons. The van der Waals surface area contributed by atoms with Crippen molar-refractivity contribution < 1.29 is 26.8 Å². The Balaban J connectivity index is 0. The Kier molecular flexibility index (Phi) is 15.0. The minimum absolute atomic E-state index is 0. The summed E-state index contributed by atoms with van der Waals surface area (Å²) in [7, 11) is 5.19. The smallest absolute Gasteiger partial charge is 0.400 e. The van der Waals surface area contributed by atoms with Gasteiger partial charge in [-0.25, -0.2) is 0 Å². The van der Waals surface area contributed by atoms with E-state index in [9.17, 15) is 0 Å². The molecular formula is C19H29NOTi. The number of rotatable bonds is 3. The van der Waals surface area contributed by atoms with Crippen molar-refractivity contribution in [2.24, 2.45) is 0 Å². The van der Waals surface area contributed by atoms with Gasteiger partial charge in [0.25, 0.3) is 0 Å². The van der Waals surface area contributed by atoms with Crippen LogP contribution in [0.5, 0.6) is 0 Å². The topological polar surface area (TPSA) is 23.5 Å². The second-order valence-electron chi connectivity index (χ2n) is 5.68. The molecule has 2 nitrogen and oxygen atoms in total. The first-order chi connectivity index (χ1) is 9.99. The van der Waals surface area contributed by atoms with E-state index in [0.29, 0.717) is 5.92 Å². The monoisotopic (exact) mass is 335 g/mol. The maximum Gasteiger partial charge on any atom is 2.00 e. The molecule has 1 aromatic rings. The molecule has 0 bridgehead atoms. The van der Waals surface area contributed by atoms with Crippen LogP contribution in [0.1, 0.15) is 32.3 Å². The fourth-order valence-corrected chi connectivity index (χ4v) is 1.85. The van der Waals surface area contributed by atoms with Gasteiger partial charge in [0.15, 0.2) is 0 Å². The fraction of sp³-hybridized carbons (Fsp3) is 0.421. The Labute approximate surface area is 151 Å². The van der Waals surface area contributed by atoms with Crippen LogP contribution < -0.4 is 0 Å². The Morgan fingerprint density at radius 3 is 2.23 bits per heavy atom. The van der Waals surface area contributed by atoms with Gasteiger partial charge in [0, 0.05) is 13.7 Å². The van der Waals surface area contributed by atoms with Crippen molar-refractivity contribution in [1.29, 1.82) is 0 Å². The molecule has 0 spiro atoms. The molecule has 1 N–H and O–H groups in total. The van der Waals surface area contributed by atoms with Crippen LogP contribution in [0.2, 0.25) is 0 Å². The minimum Gasteiger partial charge on any atom is -0.400 e. The summed E-state index contributed by atoms with van der Waals surface area (Å²) in [6, 6.07) is 11.5. The van der Waals surface area contributed by atoms with Crippen LogP contribution >= 0.6 is 0 Å². The molecule has 1 unspecified atom stereocenters. The first-order valence-corrected chi connectivity index (χ1v) is 7.20. The van der Waals surface area contributed by atoms with Crippen LogP contribution in [0, 0.1) is 12.0 Å². The van der Waals surface area contributed by atoms with Gasteiger partial charge in [0.1, 0.15) is 0 Å². The van der Waals surface area contributed by atoms with Gasteiger partial charge < -0.3 is 15.9 Å². The molecule has 1 aromatic carbocycles. The molecule has 0 aromatic heterocycles. The van der Waals surface area contributed by atoms with Gasteiger partial charge in [-0.3, -0.25) is 0 Å². The third-order valence-corrected chi connectivity index (χ3v) is 2.50. The number of likely N-dealkylation sites (N-methyl/N-ethyl adjacent to an activating group) is 1. The Hall–Kier alpha value is -0.666. The molecule has 0 amide bonds. The molecule has 3 heteroatoms. The average molecular weight is 335 g/mol. The maximum absolute atomic E-state index is 7.00. The molecular weight excluding hydrogens is 306 g/mol. The van der Waals surface area contributed by atoms with Crippen LogP contribution in [0.4, 0.5) is 0 Å². The zero-order valence-electron chi connectivity index (χ0n) is 14.7. The quantitative estimate of drug-likeness (QED) is 0.670. The second kappa shape index (κ2) is 14.0. The predicted molar refractivity (Wildman–Crippen MR) is 92.2 cm³/mol. The van der Waals surface area contributed by atoms with E-state index in [1.165, 1.54) is 17.1 Å². The van der Waals surface area contributed by atoms with Gasteiger partial charge in [-0.1, -0.05) is 18.2 Å². The Bertz CT molecular complexity index is 422. The van der Waals surface area contributed by atoms with Crippen molar-refractivity contribution in [2.45, 2.75) is 26.7 Å². The third-order valence-electron chi connectivity index (χ3n) is 2.50. The Morgan fingerprint density at radius 2 is 1.77 bits per heavy atom. The van der Waals surface area contributed by atoms with Crippen LogP contribution in [0.15, 0.2) is 48.1 Å². The molecule has 2 rings (SSSR count). The van der Waals surface area contributed by atoms with E-state index >= 15 is 0 Å². The normalized spacial score (nSPS) is 15.3. The summed E-state index contributed by atoms with van der Waals surface area (Å²) >= 11 is 0. The van der Waals surface area contributed by atoms with Gasteiger partial charge in [-0.05, 0) is 25.6 Å². The molecule has 0 saturated heterocycles. The minimum atomic E-state index is 0. The largest absolute Gasteiger partial charge is 2.00 e. The van der Waals surface area contributed by atoms with Gasteiger partial charge in [0.2, 0.25) is 0 Å². The van der Waals surface area contributed by atoms with Crippen molar-refractivity contribution in [3.05, 3.63) is 65.6 Å². The summed E-state index contributed by atoms with van der Waals surface area (Å²) in [4.78, 5) is 2.19. The summed E-state index contributed by atoms with van der Waals surface area (Å²) < 4.78 is 0. The molecule has 0 heterocycles. The SMILES string of the molecule is CN(C)CC1=CC(c2[c-]cccc2)C=C1.CO.C[C-](C)C.[Ti+2]. The first-order valence-electron chi connectivity index (χ1n) is 7.20. The molecule has 1 aliphatic rings. The van der Waals surface area contributed by atoms with E-state index in [-0.39, 0.29) is 21.7 Å². The molecule has 1 atom stereocenters. The van der Waals surface area contributed by atoms with E-state index in [1.807, 2.05) is 12.1 Å². The van der Waals surface area contributed by atoms with E-state index in [0.717, 1.165) is 13.7 Å². The Morgan fingerprint density at radius 1 is 1.18 bits per heavy atom. The number of benzene rings is 1. The molecule has 1 aliphatic carbocycles. The van der Waals surface area contributed by atoms with Crippen LogP contribution in [0.3, 0.4) is 0 Å². The van der Waals surface area contributed by atoms with Crippen molar-refractivity contribution in [2.75, 3.05) is 27.7 Å². The van der Waals surface area contributed by atoms with Crippen molar-refractivity contribution in [1.82, 2.24) is 4.90 Å². The molecule has 22 heavy (non-hydrogen) atoms. The van der Waals surface area contributed by atoms with E-state index < -0.39 is 0 Å². The number of aliphatic hydroxyl groups is 1. The maximum atomic E-state index is 7.00. The number of aliphatic hydroxyl groups excluding tert-OH is 1. The molecule has 0 aliphatic heterocycles. The van der Waals surface area contributed by atoms with Crippen molar-refractivity contribution in [3.63, 3.8) is 0 Å². The zero-order chi connectivity index (χ0) is 16.3. The van der Waals surface area contributed by atoms with E-state index in [2.05, 4.69) is 76.2 Å². The third kappa shape index (κ3) is 11.0. The molecule has 0 saturated carbocycles. The fourth-order valence-electron chi connectivity index (χ4n) is 1.85. The predicted octanol–water partition coefficient (Wildman–Crippen LogP) is 3.85. The summed E-state index contributed by atoms with van der Waals surface area (Å²) in [5.41, 5.74) is 2.64. The molecule has 0 fully saturated rings. The zero-order valence-corrected chi connectivity index (χ0v) is 16.3. The van der Waals surface area contributed by atoms with E-state index in [4.69, 9.17) is 5.11 Å². The van der Waals surface area contributed by atoms with Gasteiger partial charge in [-0.15, -0.1) is 0 Å². The van der Waals surface area contributed by atoms with Gasteiger partial charge in [-0.2, -0.15) is 56.7 Å². The number of hydrogen-bond acceptors (Lipinski definition) is 2. The summed E-state index contributed by atoms with van der Waals surface area (Å²) in [5, 5.41) is 7.00. The summed E-state index contributed by atoms with van der Waals surface area (Å²) in [6.45, 7) is 7.26. The van der Waals surface area contributed by atoms with E-state index in [1.54, 1.807) is 0 Å². The van der Waals surface area contributed by atoms with Crippen LogP contribution in [0.25, 0.3) is 0 Å². The van der Waals surface area contributed by atoms with Gasteiger partial charge >= 0.3 is 21.7 Å². The second-order valence-corrected chi connectivity index (χ2v) is 5.68. The number of hydrogen-bond donors (Lipinski definition) is 1. The van der Waals surface area contributed by atoms with Crippen molar-refractivity contribution in [3.8, 4) is 0 Å². The standard InChI is InChI=1S/C14H16N.C4H9.CH4O.Ti/c1-15(2)11-12-8-9-14(10-12)13-6-4-3-5-7-13;1-4(2)3;1-2;/h3-6,8-10,14H,11H2,1-2H3;1-3H3;2H,1H3;/q2*-1;;+2. The summed E-state index contributed by atoms with van der Waals surface area (Å²) in [5.74, 6) is 1.83. The van der Waals surface area contributed by atoms with Gasteiger partial charge in [0.05, 0.1) is 0 Å². The average Bonchev–Trinajstić information content (AvgIpc) is 2.89. The van der Waals surface area contributed by atoms with Crippen LogP contribution in [-0.2, 0) is 21.7 Å². The first kappa shape index (κ1) is 23.6. The number of nitrogens with zero attached hydrogens (tertiary/aromatic N) is 1. The number of allylic oxidation sites excluding steroid dienone is 2. The van der Waals surface area contributed by atoms with Crippen LogP contribution in [-0.4, -0.2) is 37.8 Å².